The summed E-state index contributed by atoms with van der Waals surface area (Å²) >= 11 is 0. The summed E-state index contributed by atoms with van der Waals surface area (Å²) in [6.45, 7) is 5.59. The largest absolute Gasteiger partial charge is 0.340 e. The zero-order valence-corrected chi connectivity index (χ0v) is 16.9. The zero-order chi connectivity index (χ0) is 20.4. The van der Waals surface area contributed by atoms with Crippen molar-refractivity contribution in [3.8, 4) is 11.8 Å². The highest BCUT2D eigenvalue weighted by atomic mass is 16.1. The second kappa shape index (κ2) is 7.93. The average Bonchev–Trinajstić information content (AvgIpc) is 3.14. The minimum atomic E-state index is -0.153. The van der Waals surface area contributed by atoms with Gasteiger partial charge >= 0.3 is 0 Å². The molecule has 1 aliphatic heterocycles. The Morgan fingerprint density at radius 1 is 1.24 bits per heavy atom. The number of aromatic nitrogens is 5. The summed E-state index contributed by atoms with van der Waals surface area (Å²) in [4.78, 5) is 31.1. The van der Waals surface area contributed by atoms with Crippen molar-refractivity contribution in [3.63, 3.8) is 0 Å². The van der Waals surface area contributed by atoms with Crippen molar-refractivity contribution in [2.75, 3.05) is 43.0 Å². The van der Waals surface area contributed by atoms with E-state index >= 15 is 0 Å². The smallest absolute Gasteiger partial charge is 0.281 e. The van der Waals surface area contributed by atoms with Gasteiger partial charge in [-0.05, 0) is 19.1 Å². The van der Waals surface area contributed by atoms with Gasteiger partial charge in [0.05, 0.1) is 6.54 Å². The summed E-state index contributed by atoms with van der Waals surface area (Å²) in [6.07, 6.45) is 1.71. The predicted octanol–water partition coefficient (Wildman–Crippen LogP) is 0.726. The van der Waals surface area contributed by atoms with E-state index in [1.54, 1.807) is 25.1 Å². The van der Waals surface area contributed by atoms with Gasteiger partial charge in [-0.25, -0.2) is 4.98 Å². The van der Waals surface area contributed by atoms with Gasteiger partial charge in [-0.1, -0.05) is 12.0 Å². The number of nitrogens with one attached hydrogen (secondary N) is 1. The number of pyridine rings is 1. The lowest BCUT2D eigenvalue weighted by Gasteiger charge is -2.28. The fourth-order valence-electron chi connectivity index (χ4n) is 3.51. The van der Waals surface area contributed by atoms with Gasteiger partial charge in [-0.2, -0.15) is 9.97 Å². The number of hydrogen-bond acceptors (Lipinski definition) is 7. The van der Waals surface area contributed by atoms with Crippen molar-refractivity contribution in [3.05, 3.63) is 34.7 Å². The van der Waals surface area contributed by atoms with E-state index in [1.807, 2.05) is 29.8 Å². The quantitative estimate of drug-likeness (QED) is 0.655. The van der Waals surface area contributed by atoms with E-state index in [2.05, 4.69) is 27.0 Å². The molecule has 29 heavy (non-hydrogen) atoms. The average molecular weight is 392 g/mol. The number of hydrogen-bond donors (Lipinski definition) is 1. The first-order valence-electron chi connectivity index (χ1n) is 9.59. The molecule has 150 valence electrons. The summed E-state index contributed by atoms with van der Waals surface area (Å²) in [6, 6.07) is 5.62. The molecule has 0 bridgehead atoms. The molecule has 4 heterocycles. The van der Waals surface area contributed by atoms with Crippen LogP contribution in [0.15, 0.2) is 29.2 Å². The number of piperazine rings is 1. The molecule has 9 nitrogen and oxygen atoms in total. The Balaban J connectivity index is 1.89. The van der Waals surface area contributed by atoms with Crippen LogP contribution in [-0.2, 0) is 13.6 Å². The molecule has 1 N–H and O–H groups in total. The number of anilines is 3. The lowest BCUT2D eigenvalue weighted by atomic mass is 10.4. The molecule has 3 aromatic rings. The van der Waals surface area contributed by atoms with Gasteiger partial charge < -0.3 is 10.2 Å². The maximum atomic E-state index is 13.3. The summed E-state index contributed by atoms with van der Waals surface area (Å²) in [5.41, 5.74) is 0.749. The van der Waals surface area contributed by atoms with Crippen LogP contribution in [0.5, 0.6) is 0 Å². The number of nitrogens with zero attached hydrogens (tertiary/aromatic N) is 7. The molecular formula is C20H24N8O. The van der Waals surface area contributed by atoms with Crippen LogP contribution in [0.1, 0.15) is 6.92 Å². The topological polar surface area (TPSA) is 84.1 Å². The van der Waals surface area contributed by atoms with Crippen molar-refractivity contribution in [2.24, 2.45) is 7.05 Å². The Kier molecular flexibility index (Phi) is 5.18. The van der Waals surface area contributed by atoms with Crippen molar-refractivity contribution in [1.82, 2.24) is 29.4 Å². The maximum Gasteiger partial charge on any atom is 0.281 e. The molecule has 0 atom stereocenters. The lowest BCUT2D eigenvalue weighted by Crippen LogP contribution is -2.44. The van der Waals surface area contributed by atoms with E-state index in [-0.39, 0.29) is 5.56 Å². The highest BCUT2D eigenvalue weighted by molar-refractivity contribution is 5.76. The summed E-state index contributed by atoms with van der Waals surface area (Å²) in [5, 5.41) is 3.34. The Morgan fingerprint density at radius 2 is 2.03 bits per heavy atom. The molecule has 0 aromatic carbocycles. The molecule has 0 amide bonds. The van der Waals surface area contributed by atoms with Crippen LogP contribution < -0.4 is 20.7 Å². The molecule has 4 rings (SSSR count). The Bertz CT molecular complexity index is 1130. The van der Waals surface area contributed by atoms with Crippen LogP contribution in [0.25, 0.3) is 11.2 Å². The zero-order valence-electron chi connectivity index (χ0n) is 16.9. The molecule has 1 aliphatic rings. The molecule has 3 aromatic heterocycles. The summed E-state index contributed by atoms with van der Waals surface area (Å²) < 4.78 is 3.42. The van der Waals surface area contributed by atoms with Gasteiger partial charge in [0.25, 0.3) is 5.56 Å². The van der Waals surface area contributed by atoms with E-state index in [1.165, 1.54) is 4.57 Å². The second-order valence-electron chi connectivity index (χ2n) is 6.86. The van der Waals surface area contributed by atoms with E-state index in [4.69, 9.17) is 9.97 Å². The van der Waals surface area contributed by atoms with E-state index in [0.717, 1.165) is 32.1 Å². The minimum Gasteiger partial charge on any atom is -0.340 e. The highest BCUT2D eigenvalue weighted by Crippen LogP contribution is 2.23. The summed E-state index contributed by atoms with van der Waals surface area (Å²) in [5.74, 6) is 7.91. The van der Waals surface area contributed by atoms with E-state index in [9.17, 15) is 4.79 Å². The normalized spacial score (nSPS) is 14.0. The first-order valence-corrected chi connectivity index (χ1v) is 9.59. The third kappa shape index (κ3) is 3.43. The van der Waals surface area contributed by atoms with Crippen molar-refractivity contribution < 1.29 is 0 Å². The molecular weight excluding hydrogens is 368 g/mol. The predicted molar refractivity (Wildman–Crippen MR) is 114 cm³/mol. The fraction of sp³-hybridized carbons (Fsp3) is 0.400. The minimum absolute atomic E-state index is 0.153. The molecule has 0 saturated carbocycles. The highest BCUT2D eigenvalue weighted by Gasteiger charge is 2.24. The van der Waals surface area contributed by atoms with Gasteiger partial charge in [0.1, 0.15) is 5.82 Å². The number of rotatable bonds is 4. The van der Waals surface area contributed by atoms with Gasteiger partial charge in [0, 0.05) is 46.5 Å². The van der Waals surface area contributed by atoms with Crippen LogP contribution in [0.3, 0.4) is 0 Å². The first-order chi connectivity index (χ1) is 14.1. The van der Waals surface area contributed by atoms with Gasteiger partial charge in [-0.15, -0.1) is 5.92 Å². The maximum absolute atomic E-state index is 13.3. The molecule has 0 unspecified atom stereocenters. The molecule has 1 saturated heterocycles. The molecule has 0 spiro atoms. The van der Waals surface area contributed by atoms with Crippen LogP contribution >= 0.6 is 0 Å². The Morgan fingerprint density at radius 3 is 2.72 bits per heavy atom. The standard InChI is InChI=1S/C20H24N8O/c1-4-5-12-28-16-17(24-20(28)27-13-10-21-11-14-27)23-19(26(3)18(16)29)25(2)15-8-6-7-9-22-15/h6-9,21H,10-14H2,1-3H3. The van der Waals surface area contributed by atoms with Crippen molar-refractivity contribution in [2.45, 2.75) is 13.5 Å². The second-order valence-corrected chi connectivity index (χ2v) is 6.86. The Labute approximate surface area is 169 Å². The van der Waals surface area contributed by atoms with Crippen molar-refractivity contribution in [1.29, 1.82) is 0 Å². The van der Waals surface area contributed by atoms with Crippen LogP contribution in [-0.4, -0.2) is 57.3 Å². The summed E-state index contributed by atoms with van der Waals surface area (Å²) in [7, 11) is 3.56. The van der Waals surface area contributed by atoms with Gasteiger partial charge in [0.15, 0.2) is 11.2 Å². The van der Waals surface area contributed by atoms with Crippen LogP contribution in [0.2, 0.25) is 0 Å². The molecule has 9 heteroatoms. The first kappa shape index (κ1) is 19.0. The van der Waals surface area contributed by atoms with E-state index < -0.39 is 0 Å². The molecule has 0 aliphatic carbocycles. The van der Waals surface area contributed by atoms with Crippen molar-refractivity contribution >= 4 is 28.9 Å². The number of fused-ring (bicyclic) bond motifs is 1. The Hall–Kier alpha value is -3.38. The third-order valence-corrected chi connectivity index (χ3v) is 5.05. The van der Waals surface area contributed by atoms with E-state index in [0.29, 0.717) is 29.5 Å². The molecule has 1 fully saturated rings. The number of imidazole rings is 1. The monoisotopic (exact) mass is 392 g/mol. The fourth-order valence-corrected chi connectivity index (χ4v) is 3.51. The lowest BCUT2D eigenvalue weighted by molar-refractivity contribution is 0.573. The van der Waals surface area contributed by atoms with Crippen LogP contribution in [0, 0.1) is 11.8 Å². The van der Waals surface area contributed by atoms with Gasteiger partial charge in [0.2, 0.25) is 11.9 Å². The third-order valence-electron chi connectivity index (χ3n) is 5.05. The van der Waals surface area contributed by atoms with Gasteiger partial charge in [-0.3, -0.25) is 18.8 Å². The SMILES string of the molecule is CC#CCn1c(N2CCNCC2)nc2nc(N(C)c3ccccn3)n(C)c(=O)c21. The molecule has 0 radical (unpaired) electrons. The van der Waals surface area contributed by atoms with Crippen LogP contribution in [0.4, 0.5) is 17.7 Å².